The smallest absolute Gasteiger partial charge is 0.293 e. The summed E-state index contributed by atoms with van der Waals surface area (Å²) in [6.45, 7) is 0. The molecule has 5 nitrogen and oxygen atoms in total. The molecule has 0 spiro atoms. The van der Waals surface area contributed by atoms with Crippen LogP contribution in [0.3, 0.4) is 0 Å². The van der Waals surface area contributed by atoms with Gasteiger partial charge in [-0.3, -0.25) is 4.79 Å². The zero-order valence-corrected chi connectivity index (χ0v) is 12.5. The van der Waals surface area contributed by atoms with E-state index in [1.165, 1.54) is 11.8 Å². The minimum Gasteiger partial charge on any atom is -0.375 e. The number of nitrogens with zero attached hydrogens (tertiary/aromatic N) is 2. The van der Waals surface area contributed by atoms with Gasteiger partial charge in [-0.05, 0) is 11.6 Å². The van der Waals surface area contributed by atoms with Crippen LogP contribution in [0.2, 0.25) is 5.02 Å². The molecule has 0 radical (unpaired) electrons. The van der Waals surface area contributed by atoms with Gasteiger partial charge in [0.15, 0.2) is 15.9 Å². The van der Waals surface area contributed by atoms with Crippen molar-refractivity contribution in [3.8, 4) is 0 Å². The van der Waals surface area contributed by atoms with Crippen LogP contribution in [0.1, 0.15) is 5.56 Å². The summed E-state index contributed by atoms with van der Waals surface area (Å²) < 4.78 is 0.449. The van der Waals surface area contributed by atoms with E-state index < -0.39 is 0 Å². The molecule has 0 saturated carbocycles. The summed E-state index contributed by atoms with van der Waals surface area (Å²) >= 11 is 8.62. The summed E-state index contributed by atoms with van der Waals surface area (Å²) in [5, 5.41) is 1.55. The number of thioether (sulfide) groups is 1. The van der Waals surface area contributed by atoms with Crippen molar-refractivity contribution in [1.82, 2.24) is 15.0 Å². The first-order valence-corrected chi connectivity index (χ1v) is 7.84. The number of hydrogen-bond acceptors (Lipinski definition) is 6. The summed E-state index contributed by atoms with van der Waals surface area (Å²) in [5.74, 6) is 0.619. The average molecular weight is 325 g/mol. The van der Waals surface area contributed by atoms with Crippen molar-refractivity contribution in [2.75, 3.05) is 5.73 Å². The van der Waals surface area contributed by atoms with Gasteiger partial charge in [0.1, 0.15) is 4.70 Å². The first kappa shape index (κ1) is 13.4. The van der Waals surface area contributed by atoms with E-state index in [1.54, 1.807) is 0 Å². The predicted octanol–water partition coefficient (Wildman–Crippen LogP) is 2.91. The molecule has 0 fully saturated rings. The fourth-order valence-corrected chi connectivity index (χ4v) is 3.48. The Kier molecular flexibility index (Phi) is 3.64. The van der Waals surface area contributed by atoms with E-state index in [0.717, 1.165) is 16.9 Å². The lowest BCUT2D eigenvalue weighted by Crippen LogP contribution is -2.07. The van der Waals surface area contributed by atoms with Crippen molar-refractivity contribution in [1.29, 1.82) is 0 Å². The van der Waals surface area contributed by atoms with Gasteiger partial charge in [-0.1, -0.05) is 52.9 Å². The van der Waals surface area contributed by atoms with E-state index in [9.17, 15) is 4.79 Å². The normalized spacial score (nSPS) is 11.1. The van der Waals surface area contributed by atoms with Gasteiger partial charge in [0.05, 0.1) is 0 Å². The van der Waals surface area contributed by atoms with Gasteiger partial charge < -0.3 is 10.7 Å². The third kappa shape index (κ3) is 2.65. The van der Waals surface area contributed by atoms with Crippen LogP contribution < -0.4 is 11.3 Å². The standard InChI is InChI=1S/C12H9ClN4OS2/c13-7-4-2-1-3-6(7)5-19-12-16-9-8(10(18)17-12)20-11(14)15-9/h1-4H,5H2,(H3,14,15,16,17,18). The van der Waals surface area contributed by atoms with E-state index in [0.29, 0.717) is 31.4 Å². The Bertz CT molecular complexity index is 830. The van der Waals surface area contributed by atoms with Gasteiger partial charge in [-0.25, -0.2) is 4.98 Å². The molecule has 3 rings (SSSR count). The van der Waals surface area contributed by atoms with Crippen molar-refractivity contribution >= 4 is 50.2 Å². The van der Waals surface area contributed by atoms with E-state index in [2.05, 4.69) is 15.0 Å². The van der Waals surface area contributed by atoms with Crippen LogP contribution in [-0.2, 0) is 5.75 Å². The lowest BCUT2D eigenvalue weighted by atomic mass is 10.2. The molecule has 0 saturated heterocycles. The highest BCUT2D eigenvalue weighted by Crippen LogP contribution is 2.25. The van der Waals surface area contributed by atoms with E-state index in [1.807, 2.05) is 24.3 Å². The number of nitrogens with one attached hydrogen (secondary N) is 1. The number of halogens is 1. The van der Waals surface area contributed by atoms with Gasteiger partial charge in [0.25, 0.3) is 5.56 Å². The predicted molar refractivity (Wildman–Crippen MR) is 83.5 cm³/mol. The molecule has 2 heterocycles. The molecule has 0 amide bonds. The molecular formula is C12H9ClN4OS2. The molecule has 20 heavy (non-hydrogen) atoms. The van der Waals surface area contributed by atoms with Crippen LogP contribution >= 0.6 is 34.7 Å². The number of nitrogen functional groups attached to an aromatic ring is 1. The van der Waals surface area contributed by atoms with Crippen molar-refractivity contribution in [2.45, 2.75) is 10.9 Å². The minimum absolute atomic E-state index is 0.311. The van der Waals surface area contributed by atoms with Gasteiger partial charge in [0, 0.05) is 10.8 Å². The Morgan fingerprint density at radius 1 is 1.35 bits per heavy atom. The maximum absolute atomic E-state index is 11.8. The van der Waals surface area contributed by atoms with E-state index in [4.69, 9.17) is 17.3 Å². The lowest BCUT2D eigenvalue weighted by molar-refractivity contribution is 0.968. The van der Waals surface area contributed by atoms with Crippen LogP contribution in [0.15, 0.2) is 34.2 Å². The maximum Gasteiger partial charge on any atom is 0.293 e. The zero-order valence-electron chi connectivity index (χ0n) is 10.1. The quantitative estimate of drug-likeness (QED) is 0.571. The van der Waals surface area contributed by atoms with Crippen LogP contribution in [0.4, 0.5) is 5.13 Å². The number of nitrogens with two attached hydrogens (primary N) is 1. The maximum atomic E-state index is 11.8. The molecule has 1 aromatic carbocycles. The topological polar surface area (TPSA) is 84.7 Å². The fourth-order valence-electron chi connectivity index (χ4n) is 1.67. The molecule has 0 atom stereocenters. The number of anilines is 1. The second-order valence-corrected chi connectivity index (χ2v) is 6.36. The third-order valence-electron chi connectivity index (χ3n) is 2.59. The third-order valence-corrected chi connectivity index (χ3v) is 4.75. The van der Waals surface area contributed by atoms with Crippen molar-refractivity contribution in [3.63, 3.8) is 0 Å². The summed E-state index contributed by atoms with van der Waals surface area (Å²) in [6.07, 6.45) is 0. The van der Waals surface area contributed by atoms with Gasteiger partial charge >= 0.3 is 0 Å². The lowest BCUT2D eigenvalue weighted by Gasteiger charge is -2.03. The largest absolute Gasteiger partial charge is 0.375 e. The number of H-pyrrole nitrogens is 1. The first-order chi connectivity index (χ1) is 9.63. The van der Waals surface area contributed by atoms with E-state index in [-0.39, 0.29) is 5.56 Å². The van der Waals surface area contributed by atoms with Crippen LogP contribution in [0.25, 0.3) is 10.3 Å². The molecule has 0 aliphatic rings. The molecule has 0 unspecified atom stereocenters. The average Bonchev–Trinajstić information content (AvgIpc) is 2.79. The number of thiazole rings is 1. The summed E-state index contributed by atoms with van der Waals surface area (Å²) in [5.41, 5.74) is 6.75. The zero-order chi connectivity index (χ0) is 14.1. The van der Waals surface area contributed by atoms with Crippen LogP contribution in [-0.4, -0.2) is 15.0 Å². The molecule has 3 N–H and O–H groups in total. The summed E-state index contributed by atoms with van der Waals surface area (Å²) in [6, 6.07) is 7.56. The number of aromatic amines is 1. The van der Waals surface area contributed by atoms with Crippen LogP contribution in [0.5, 0.6) is 0 Å². The van der Waals surface area contributed by atoms with E-state index >= 15 is 0 Å². The Morgan fingerprint density at radius 3 is 2.95 bits per heavy atom. The molecule has 2 aromatic heterocycles. The van der Waals surface area contributed by atoms with Gasteiger partial charge in [0.2, 0.25) is 0 Å². The molecule has 0 bridgehead atoms. The number of fused-ring (bicyclic) bond motifs is 1. The van der Waals surface area contributed by atoms with Crippen molar-refractivity contribution in [3.05, 3.63) is 45.2 Å². The fraction of sp³-hybridized carbons (Fsp3) is 0.0833. The summed E-state index contributed by atoms with van der Waals surface area (Å²) in [7, 11) is 0. The minimum atomic E-state index is -0.311. The Hall–Kier alpha value is -1.57. The number of aromatic nitrogens is 3. The highest BCUT2D eigenvalue weighted by Gasteiger charge is 2.09. The molecule has 0 aliphatic heterocycles. The van der Waals surface area contributed by atoms with Crippen LogP contribution in [0, 0.1) is 0 Å². The number of hydrogen-bond donors (Lipinski definition) is 2. The highest BCUT2D eigenvalue weighted by molar-refractivity contribution is 7.98. The molecule has 0 aliphatic carbocycles. The Morgan fingerprint density at radius 2 is 2.15 bits per heavy atom. The number of benzene rings is 1. The molecular weight excluding hydrogens is 316 g/mol. The second-order valence-electron chi connectivity index (χ2n) is 3.96. The second kappa shape index (κ2) is 5.43. The van der Waals surface area contributed by atoms with Crippen molar-refractivity contribution in [2.24, 2.45) is 0 Å². The Labute approximate surface area is 127 Å². The Balaban J connectivity index is 1.88. The number of rotatable bonds is 3. The molecule has 8 heteroatoms. The van der Waals surface area contributed by atoms with Gasteiger partial charge in [-0.15, -0.1) is 0 Å². The highest BCUT2D eigenvalue weighted by atomic mass is 35.5. The van der Waals surface area contributed by atoms with Crippen molar-refractivity contribution < 1.29 is 0 Å². The molecule has 3 aromatic rings. The monoisotopic (exact) mass is 324 g/mol. The SMILES string of the molecule is Nc1nc2[nH]c(SCc3ccccc3Cl)nc(=O)c2s1. The first-order valence-electron chi connectivity index (χ1n) is 5.66. The summed E-state index contributed by atoms with van der Waals surface area (Å²) in [4.78, 5) is 22.9. The van der Waals surface area contributed by atoms with Gasteiger partial charge in [-0.2, -0.15) is 4.98 Å². The molecule has 102 valence electrons.